The number of halogens is 4. The van der Waals surface area contributed by atoms with E-state index in [1.54, 1.807) is 24.0 Å². The molecule has 1 N–H and O–H groups in total. The van der Waals surface area contributed by atoms with Crippen LogP contribution < -0.4 is 5.32 Å². The molecule has 0 radical (unpaired) electrons. The van der Waals surface area contributed by atoms with Crippen LogP contribution in [-0.4, -0.2) is 36.4 Å². The van der Waals surface area contributed by atoms with Gasteiger partial charge in [-0.1, -0.05) is 17.3 Å². The standard InChI is InChI=1S/C19H19F4N3S/c1-12-13(2)17(19(21,22)23)18(10-24,26-8-7-25-11-26)9-16(12)27-15-5-3-14(20)4-6-15/h3-6,9,17,25H,7-8,11H2,1-2H3. The fourth-order valence-corrected chi connectivity index (χ4v) is 4.71. The number of allylic oxidation sites excluding steroid dienone is 1. The highest BCUT2D eigenvalue weighted by atomic mass is 32.2. The fraction of sp³-hybridized carbons (Fsp3) is 0.421. The minimum atomic E-state index is -4.55. The zero-order chi connectivity index (χ0) is 19.8. The van der Waals surface area contributed by atoms with Crippen LogP contribution >= 0.6 is 11.8 Å². The Hall–Kier alpha value is -1.82. The van der Waals surface area contributed by atoms with E-state index in [1.165, 1.54) is 36.9 Å². The number of hydrogen-bond acceptors (Lipinski definition) is 4. The molecule has 0 aromatic heterocycles. The van der Waals surface area contributed by atoms with Crippen molar-refractivity contribution in [3.05, 3.63) is 52.2 Å². The maximum absolute atomic E-state index is 14.0. The van der Waals surface area contributed by atoms with Gasteiger partial charge in [0, 0.05) is 29.6 Å². The minimum Gasteiger partial charge on any atom is -0.303 e. The number of rotatable bonds is 3. The van der Waals surface area contributed by atoms with Crippen molar-refractivity contribution in [1.29, 1.82) is 5.26 Å². The summed E-state index contributed by atoms with van der Waals surface area (Å²) in [7, 11) is 0. The first kappa shape index (κ1) is 19.9. The highest BCUT2D eigenvalue weighted by molar-refractivity contribution is 8.03. The molecule has 3 rings (SSSR count). The molecule has 0 saturated carbocycles. The van der Waals surface area contributed by atoms with Gasteiger partial charge in [0.05, 0.1) is 6.07 Å². The molecule has 27 heavy (non-hydrogen) atoms. The lowest BCUT2D eigenvalue weighted by Gasteiger charge is -2.44. The lowest BCUT2D eigenvalue weighted by atomic mass is 9.73. The summed E-state index contributed by atoms with van der Waals surface area (Å²) in [5.41, 5.74) is -1.17. The molecule has 2 unspecified atom stereocenters. The third-order valence-corrected chi connectivity index (χ3v) is 6.27. The number of nitrogens with zero attached hydrogens (tertiary/aromatic N) is 2. The molecule has 144 valence electrons. The zero-order valence-corrected chi connectivity index (χ0v) is 15.7. The molecular weight excluding hydrogens is 378 g/mol. The van der Waals surface area contributed by atoms with Crippen LogP contribution in [0, 0.1) is 23.1 Å². The molecule has 0 amide bonds. The molecular formula is C19H19F4N3S. The molecule has 1 aromatic rings. The molecule has 0 spiro atoms. The van der Waals surface area contributed by atoms with Crippen LogP contribution in [0.25, 0.3) is 0 Å². The predicted molar refractivity (Wildman–Crippen MR) is 96.2 cm³/mol. The van der Waals surface area contributed by atoms with E-state index in [2.05, 4.69) is 5.32 Å². The average molecular weight is 397 g/mol. The summed E-state index contributed by atoms with van der Waals surface area (Å²) in [5, 5.41) is 12.9. The van der Waals surface area contributed by atoms with Crippen LogP contribution in [-0.2, 0) is 0 Å². The summed E-state index contributed by atoms with van der Waals surface area (Å²) >= 11 is 1.25. The lowest BCUT2D eigenvalue weighted by molar-refractivity contribution is -0.184. The third kappa shape index (κ3) is 3.64. The number of nitriles is 1. The second kappa shape index (κ2) is 7.30. The Morgan fingerprint density at radius 2 is 1.93 bits per heavy atom. The number of benzene rings is 1. The first-order valence-corrected chi connectivity index (χ1v) is 9.28. The molecule has 1 aliphatic carbocycles. The largest absolute Gasteiger partial charge is 0.398 e. The van der Waals surface area contributed by atoms with Crippen molar-refractivity contribution in [3.8, 4) is 6.07 Å². The van der Waals surface area contributed by atoms with E-state index in [1.807, 2.05) is 6.07 Å². The number of alkyl halides is 3. The Morgan fingerprint density at radius 1 is 1.26 bits per heavy atom. The van der Waals surface area contributed by atoms with Crippen molar-refractivity contribution >= 4 is 11.8 Å². The molecule has 2 atom stereocenters. The normalized spacial score (nSPS) is 26.9. The van der Waals surface area contributed by atoms with Gasteiger partial charge in [0.25, 0.3) is 0 Å². The first-order chi connectivity index (χ1) is 12.7. The minimum absolute atomic E-state index is 0.142. The summed E-state index contributed by atoms with van der Waals surface area (Å²) in [6.07, 6.45) is -3.11. The molecule has 1 aromatic carbocycles. The maximum Gasteiger partial charge on any atom is 0.398 e. The van der Waals surface area contributed by atoms with Gasteiger partial charge in [-0.3, -0.25) is 4.90 Å². The van der Waals surface area contributed by atoms with E-state index < -0.39 is 17.6 Å². The van der Waals surface area contributed by atoms with Gasteiger partial charge in [-0.25, -0.2) is 4.39 Å². The van der Waals surface area contributed by atoms with Crippen LogP contribution in [0.2, 0.25) is 0 Å². The van der Waals surface area contributed by atoms with Crippen molar-refractivity contribution in [3.63, 3.8) is 0 Å². The van der Waals surface area contributed by atoms with Gasteiger partial charge in [-0.05, 0) is 49.8 Å². The summed E-state index contributed by atoms with van der Waals surface area (Å²) in [4.78, 5) is 2.84. The van der Waals surface area contributed by atoms with Gasteiger partial charge >= 0.3 is 6.18 Å². The maximum atomic E-state index is 14.0. The molecule has 0 bridgehead atoms. The van der Waals surface area contributed by atoms with Gasteiger partial charge in [0.2, 0.25) is 0 Å². The van der Waals surface area contributed by atoms with Crippen LogP contribution in [0.1, 0.15) is 13.8 Å². The van der Waals surface area contributed by atoms with Gasteiger partial charge in [-0.15, -0.1) is 0 Å². The smallest absolute Gasteiger partial charge is 0.303 e. The number of hydrogen-bond donors (Lipinski definition) is 1. The van der Waals surface area contributed by atoms with E-state index in [0.717, 1.165) is 0 Å². The summed E-state index contributed by atoms with van der Waals surface area (Å²) in [5.74, 6) is -2.28. The highest BCUT2D eigenvalue weighted by Gasteiger charge is 2.59. The Kier molecular flexibility index (Phi) is 5.39. The molecule has 1 aliphatic heterocycles. The van der Waals surface area contributed by atoms with E-state index in [9.17, 15) is 22.8 Å². The quantitative estimate of drug-likeness (QED) is 0.765. The van der Waals surface area contributed by atoms with Crippen LogP contribution in [0.5, 0.6) is 0 Å². The Morgan fingerprint density at radius 3 is 2.44 bits per heavy atom. The topological polar surface area (TPSA) is 39.1 Å². The average Bonchev–Trinajstić information content (AvgIpc) is 3.14. The van der Waals surface area contributed by atoms with Crippen LogP contribution in [0.3, 0.4) is 0 Å². The van der Waals surface area contributed by atoms with Gasteiger partial charge in [0.15, 0.2) is 0 Å². The summed E-state index contributed by atoms with van der Waals surface area (Å²) in [6.45, 7) is 4.19. The van der Waals surface area contributed by atoms with E-state index >= 15 is 0 Å². The predicted octanol–water partition coefficient (Wildman–Crippen LogP) is 4.46. The van der Waals surface area contributed by atoms with Gasteiger partial charge in [0.1, 0.15) is 17.3 Å². The first-order valence-electron chi connectivity index (χ1n) is 8.47. The molecule has 3 nitrogen and oxygen atoms in total. The lowest BCUT2D eigenvalue weighted by Crippen LogP contribution is -2.57. The van der Waals surface area contributed by atoms with Gasteiger partial charge in [-0.2, -0.15) is 18.4 Å². The van der Waals surface area contributed by atoms with Crippen molar-refractivity contribution < 1.29 is 17.6 Å². The van der Waals surface area contributed by atoms with Crippen molar-refractivity contribution in [2.24, 2.45) is 5.92 Å². The second-order valence-corrected chi connectivity index (χ2v) is 7.82. The molecule has 2 aliphatic rings. The summed E-state index contributed by atoms with van der Waals surface area (Å²) < 4.78 is 55.1. The molecule has 1 fully saturated rings. The van der Waals surface area contributed by atoms with Crippen molar-refractivity contribution in [1.82, 2.24) is 10.2 Å². The Labute approximate surface area is 159 Å². The number of nitrogens with one attached hydrogen (secondary N) is 1. The SMILES string of the molecule is CC1=C(C)C(C(F)(F)F)C(C#N)(N2CCNC2)C=C1Sc1ccc(F)cc1. The Balaban J connectivity index is 2.10. The van der Waals surface area contributed by atoms with Crippen molar-refractivity contribution in [2.75, 3.05) is 19.8 Å². The molecule has 1 saturated heterocycles. The highest BCUT2D eigenvalue weighted by Crippen LogP contribution is 2.51. The van der Waals surface area contributed by atoms with Crippen molar-refractivity contribution in [2.45, 2.75) is 30.5 Å². The van der Waals surface area contributed by atoms with Crippen LogP contribution in [0.15, 0.2) is 51.3 Å². The van der Waals surface area contributed by atoms with E-state index in [0.29, 0.717) is 28.5 Å². The molecule has 1 heterocycles. The third-order valence-electron chi connectivity index (χ3n) is 5.12. The fourth-order valence-electron chi connectivity index (χ4n) is 3.63. The van der Waals surface area contributed by atoms with Crippen LogP contribution in [0.4, 0.5) is 17.6 Å². The van der Waals surface area contributed by atoms with E-state index in [4.69, 9.17) is 0 Å². The second-order valence-electron chi connectivity index (χ2n) is 6.71. The summed E-state index contributed by atoms with van der Waals surface area (Å²) in [6, 6.07) is 7.73. The van der Waals surface area contributed by atoms with Gasteiger partial charge < -0.3 is 5.32 Å². The monoisotopic (exact) mass is 397 g/mol. The zero-order valence-electron chi connectivity index (χ0n) is 14.9. The molecule has 8 heteroatoms. The Bertz CT molecular complexity index is 817. The van der Waals surface area contributed by atoms with E-state index in [-0.39, 0.29) is 18.1 Å². The number of thioether (sulfide) groups is 1.